The van der Waals surface area contributed by atoms with E-state index in [1.165, 1.54) is 18.2 Å². The van der Waals surface area contributed by atoms with Gasteiger partial charge in [-0.05, 0) is 30.0 Å². The van der Waals surface area contributed by atoms with Gasteiger partial charge >= 0.3 is 6.36 Å². The van der Waals surface area contributed by atoms with Gasteiger partial charge in [0.15, 0.2) is 0 Å². The lowest BCUT2D eigenvalue weighted by atomic mass is 9.93. The SMILES string of the molecule is CCCC(C)C(O)c1cccc(OC(F)(F)F)c1. The van der Waals surface area contributed by atoms with Gasteiger partial charge in [-0.3, -0.25) is 0 Å². The standard InChI is InChI=1S/C13H17F3O2/c1-3-5-9(2)12(17)10-6-4-7-11(8-10)18-13(14,15)16/h4,6-9,12,17H,3,5H2,1-2H3. The molecule has 0 fully saturated rings. The first-order valence-electron chi connectivity index (χ1n) is 5.87. The summed E-state index contributed by atoms with van der Waals surface area (Å²) in [6.45, 7) is 3.86. The van der Waals surface area contributed by atoms with Gasteiger partial charge in [0.2, 0.25) is 0 Å². The Bertz CT molecular complexity index is 377. The molecule has 0 saturated carbocycles. The van der Waals surface area contributed by atoms with Crippen LogP contribution >= 0.6 is 0 Å². The van der Waals surface area contributed by atoms with Crippen LogP contribution in [0, 0.1) is 5.92 Å². The Hall–Kier alpha value is -1.23. The van der Waals surface area contributed by atoms with Crippen LogP contribution in [-0.4, -0.2) is 11.5 Å². The van der Waals surface area contributed by atoms with Gasteiger partial charge in [0, 0.05) is 0 Å². The van der Waals surface area contributed by atoms with Crippen LogP contribution in [0.5, 0.6) is 5.75 Å². The highest BCUT2D eigenvalue weighted by atomic mass is 19.4. The van der Waals surface area contributed by atoms with Gasteiger partial charge in [-0.1, -0.05) is 32.4 Å². The Morgan fingerprint density at radius 2 is 2.00 bits per heavy atom. The van der Waals surface area contributed by atoms with Crippen LogP contribution in [0.15, 0.2) is 24.3 Å². The van der Waals surface area contributed by atoms with E-state index in [1.54, 1.807) is 6.07 Å². The smallest absolute Gasteiger partial charge is 0.406 e. The molecule has 0 aromatic heterocycles. The number of rotatable bonds is 5. The highest BCUT2D eigenvalue weighted by Crippen LogP contribution is 2.29. The zero-order valence-electron chi connectivity index (χ0n) is 10.4. The fourth-order valence-electron chi connectivity index (χ4n) is 1.84. The number of aliphatic hydroxyl groups excluding tert-OH is 1. The van der Waals surface area contributed by atoms with Crippen LogP contribution in [-0.2, 0) is 0 Å². The quantitative estimate of drug-likeness (QED) is 0.867. The molecule has 2 unspecified atom stereocenters. The lowest BCUT2D eigenvalue weighted by Gasteiger charge is -2.19. The zero-order valence-corrected chi connectivity index (χ0v) is 10.4. The largest absolute Gasteiger partial charge is 0.573 e. The molecular formula is C13H17F3O2. The van der Waals surface area contributed by atoms with E-state index in [1.807, 2.05) is 13.8 Å². The second kappa shape index (κ2) is 6.09. The second-order valence-corrected chi connectivity index (χ2v) is 4.33. The van der Waals surface area contributed by atoms with E-state index in [0.717, 1.165) is 12.8 Å². The highest BCUT2D eigenvalue weighted by Gasteiger charge is 2.31. The third-order valence-electron chi connectivity index (χ3n) is 2.72. The lowest BCUT2D eigenvalue weighted by Crippen LogP contribution is -2.17. The molecule has 18 heavy (non-hydrogen) atoms. The molecule has 1 rings (SSSR count). The van der Waals surface area contributed by atoms with E-state index in [-0.39, 0.29) is 11.7 Å². The van der Waals surface area contributed by atoms with Crippen LogP contribution in [0.4, 0.5) is 13.2 Å². The molecule has 0 aliphatic heterocycles. The van der Waals surface area contributed by atoms with Crippen molar-refractivity contribution in [2.24, 2.45) is 5.92 Å². The summed E-state index contributed by atoms with van der Waals surface area (Å²) in [5.74, 6) is -0.307. The van der Waals surface area contributed by atoms with Crippen molar-refractivity contribution in [3.8, 4) is 5.75 Å². The molecule has 2 nitrogen and oxygen atoms in total. The summed E-state index contributed by atoms with van der Waals surface area (Å²) >= 11 is 0. The number of hydrogen-bond acceptors (Lipinski definition) is 2. The first-order chi connectivity index (χ1) is 8.33. The van der Waals surface area contributed by atoms with Crippen molar-refractivity contribution in [3.63, 3.8) is 0 Å². The summed E-state index contributed by atoms with van der Waals surface area (Å²) in [5.41, 5.74) is 0.442. The predicted octanol–water partition coefficient (Wildman–Crippen LogP) is 4.05. The maximum absolute atomic E-state index is 12.1. The van der Waals surface area contributed by atoms with Crippen molar-refractivity contribution >= 4 is 0 Å². The van der Waals surface area contributed by atoms with Gasteiger partial charge < -0.3 is 9.84 Å². The normalized spacial score (nSPS) is 15.2. The first-order valence-corrected chi connectivity index (χ1v) is 5.87. The summed E-state index contributed by atoms with van der Waals surface area (Å²) < 4.78 is 40.0. The maximum atomic E-state index is 12.1. The van der Waals surface area contributed by atoms with E-state index in [2.05, 4.69) is 4.74 Å². The molecule has 0 saturated heterocycles. The molecule has 0 radical (unpaired) electrons. The molecule has 102 valence electrons. The third-order valence-corrected chi connectivity index (χ3v) is 2.72. The Balaban J connectivity index is 2.81. The van der Waals surface area contributed by atoms with E-state index in [4.69, 9.17) is 0 Å². The van der Waals surface area contributed by atoms with Crippen LogP contribution < -0.4 is 4.74 Å². The first kappa shape index (κ1) is 14.8. The molecule has 1 N–H and O–H groups in total. The van der Waals surface area contributed by atoms with Crippen LogP contribution in [0.25, 0.3) is 0 Å². The number of aliphatic hydroxyl groups is 1. The van der Waals surface area contributed by atoms with Gasteiger partial charge in [0.1, 0.15) is 5.75 Å². The molecule has 0 aliphatic rings. The minimum Gasteiger partial charge on any atom is -0.406 e. The average Bonchev–Trinajstić information content (AvgIpc) is 2.26. The van der Waals surface area contributed by atoms with Crippen molar-refractivity contribution in [2.75, 3.05) is 0 Å². The van der Waals surface area contributed by atoms with E-state index in [9.17, 15) is 18.3 Å². The van der Waals surface area contributed by atoms with Crippen LogP contribution in [0.2, 0.25) is 0 Å². The average molecular weight is 262 g/mol. The molecule has 1 aromatic carbocycles. The number of halogens is 3. The molecule has 0 spiro atoms. The van der Waals surface area contributed by atoms with Crippen molar-refractivity contribution < 1.29 is 23.0 Å². The number of ether oxygens (including phenoxy) is 1. The lowest BCUT2D eigenvalue weighted by molar-refractivity contribution is -0.274. The molecule has 5 heteroatoms. The van der Waals surface area contributed by atoms with Crippen molar-refractivity contribution in [2.45, 2.75) is 39.2 Å². The van der Waals surface area contributed by atoms with Gasteiger partial charge in [-0.15, -0.1) is 13.2 Å². The van der Waals surface area contributed by atoms with Crippen LogP contribution in [0.3, 0.4) is 0 Å². The predicted molar refractivity (Wildman–Crippen MR) is 62.2 cm³/mol. The fraction of sp³-hybridized carbons (Fsp3) is 0.538. The molecular weight excluding hydrogens is 245 g/mol. The minimum absolute atomic E-state index is 0.00358. The van der Waals surface area contributed by atoms with Gasteiger partial charge in [-0.2, -0.15) is 0 Å². The van der Waals surface area contributed by atoms with Crippen molar-refractivity contribution in [1.82, 2.24) is 0 Å². The van der Waals surface area contributed by atoms with E-state index >= 15 is 0 Å². The molecule has 2 atom stereocenters. The Morgan fingerprint density at radius 1 is 1.33 bits per heavy atom. The topological polar surface area (TPSA) is 29.5 Å². The highest BCUT2D eigenvalue weighted by molar-refractivity contribution is 5.30. The zero-order chi connectivity index (χ0) is 13.8. The summed E-state index contributed by atoms with van der Waals surface area (Å²) in [5, 5.41) is 10.0. The monoisotopic (exact) mass is 262 g/mol. The Labute approximate surface area is 104 Å². The Kier molecular flexibility index (Phi) is 5.02. The molecule has 0 heterocycles. The fourth-order valence-corrected chi connectivity index (χ4v) is 1.84. The summed E-state index contributed by atoms with van der Waals surface area (Å²) in [6, 6.07) is 5.48. The second-order valence-electron chi connectivity index (χ2n) is 4.33. The van der Waals surface area contributed by atoms with Crippen molar-refractivity contribution in [3.05, 3.63) is 29.8 Å². The minimum atomic E-state index is -4.71. The van der Waals surface area contributed by atoms with Gasteiger partial charge in [0.25, 0.3) is 0 Å². The summed E-state index contributed by atoms with van der Waals surface area (Å²) in [6.07, 6.45) is -3.76. The van der Waals surface area contributed by atoms with Crippen LogP contribution in [0.1, 0.15) is 38.4 Å². The Morgan fingerprint density at radius 3 is 2.56 bits per heavy atom. The van der Waals surface area contributed by atoms with Gasteiger partial charge in [0.05, 0.1) is 6.10 Å². The number of benzene rings is 1. The van der Waals surface area contributed by atoms with Gasteiger partial charge in [-0.25, -0.2) is 0 Å². The summed E-state index contributed by atoms with van der Waals surface area (Å²) in [7, 11) is 0. The summed E-state index contributed by atoms with van der Waals surface area (Å²) in [4.78, 5) is 0. The molecule has 0 aliphatic carbocycles. The molecule has 0 bridgehead atoms. The van der Waals surface area contributed by atoms with Crippen molar-refractivity contribution in [1.29, 1.82) is 0 Å². The molecule has 1 aromatic rings. The third kappa shape index (κ3) is 4.56. The number of hydrogen-bond donors (Lipinski definition) is 1. The van der Waals surface area contributed by atoms with E-state index in [0.29, 0.717) is 5.56 Å². The molecule has 0 amide bonds. The van der Waals surface area contributed by atoms with E-state index < -0.39 is 12.5 Å². The maximum Gasteiger partial charge on any atom is 0.573 e. The number of alkyl halides is 3.